The molecule has 2 nitrogen and oxygen atoms in total. The first-order chi connectivity index (χ1) is 9.62. The van der Waals surface area contributed by atoms with Gasteiger partial charge in [-0.2, -0.15) is 0 Å². The number of aliphatic hydroxyl groups is 1. The van der Waals surface area contributed by atoms with E-state index in [-0.39, 0.29) is 6.10 Å². The van der Waals surface area contributed by atoms with Gasteiger partial charge in [0, 0.05) is 6.54 Å². The van der Waals surface area contributed by atoms with Crippen LogP contribution >= 0.6 is 0 Å². The minimum atomic E-state index is -0.112. The van der Waals surface area contributed by atoms with Crippen LogP contribution in [0.3, 0.4) is 0 Å². The second-order valence-electron chi connectivity index (χ2n) is 8.76. The lowest BCUT2D eigenvalue weighted by Gasteiger charge is -2.57. The number of likely N-dealkylation sites (tertiary alicyclic amines) is 1. The van der Waals surface area contributed by atoms with Crippen LogP contribution in [0.4, 0.5) is 0 Å². The molecule has 0 radical (unpaired) electrons. The second kappa shape index (κ2) is 4.98. The Morgan fingerprint density at radius 1 is 1.10 bits per heavy atom. The lowest BCUT2D eigenvalue weighted by atomic mass is 9.49. The molecule has 2 heteroatoms. The summed E-state index contributed by atoms with van der Waals surface area (Å²) in [6.07, 6.45) is 11.9. The van der Waals surface area contributed by atoms with Crippen molar-refractivity contribution in [3.63, 3.8) is 0 Å². The summed E-state index contributed by atoms with van der Waals surface area (Å²) in [5.74, 6) is 3.80. The summed E-state index contributed by atoms with van der Waals surface area (Å²) in [6, 6.07) is 0. The average Bonchev–Trinajstić information content (AvgIpc) is 2.84. The van der Waals surface area contributed by atoms with E-state index < -0.39 is 0 Å². The predicted molar refractivity (Wildman–Crippen MR) is 81.4 cm³/mol. The molecule has 0 aromatic heterocycles. The van der Waals surface area contributed by atoms with Crippen LogP contribution in [-0.2, 0) is 0 Å². The van der Waals surface area contributed by atoms with Gasteiger partial charge in [-0.3, -0.25) is 0 Å². The maximum Gasteiger partial charge on any atom is 0.0552 e. The molecule has 4 bridgehead atoms. The molecule has 1 saturated heterocycles. The van der Waals surface area contributed by atoms with Crippen molar-refractivity contribution in [2.75, 3.05) is 19.6 Å². The molecule has 5 rings (SSSR count). The lowest BCUT2D eigenvalue weighted by Crippen LogP contribution is -2.47. The van der Waals surface area contributed by atoms with Gasteiger partial charge in [0.25, 0.3) is 0 Å². The fraction of sp³-hybridized carbons (Fsp3) is 1.00. The Bertz CT molecular complexity index is 329. The molecule has 0 aromatic carbocycles. The highest BCUT2D eigenvalue weighted by Crippen LogP contribution is 2.61. The average molecular weight is 277 g/mol. The maximum absolute atomic E-state index is 9.74. The summed E-state index contributed by atoms with van der Waals surface area (Å²) >= 11 is 0. The van der Waals surface area contributed by atoms with E-state index in [0.717, 1.165) is 29.7 Å². The van der Waals surface area contributed by atoms with E-state index in [4.69, 9.17) is 0 Å². The molecule has 20 heavy (non-hydrogen) atoms. The number of hydrogen-bond donors (Lipinski definition) is 1. The fourth-order valence-corrected chi connectivity index (χ4v) is 6.45. The molecule has 2 atom stereocenters. The highest BCUT2D eigenvalue weighted by Gasteiger charge is 2.50. The van der Waals surface area contributed by atoms with Gasteiger partial charge in [-0.05, 0) is 100 Å². The third kappa shape index (κ3) is 2.43. The molecule has 1 heterocycles. The Morgan fingerprint density at radius 3 is 2.20 bits per heavy atom. The number of rotatable bonds is 4. The van der Waals surface area contributed by atoms with Crippen molar-refractivity contribution in [3.05, 3.63) is 0 Å². The summed E-state index contributed by atoms with van der Waals surface area (Å²) in [5, 5.41) is 9.74. The number of hydrogen-bond acceptors (Lipinski definition) is 2. The minimum absolute atomic E-state index is 0.112. The van der Waals surface area contributed by atoms with E-state index in [1.807, 2.05) is 6.92 Å². The molecule has 0 aromatic rings. The summed E-state index contributed by atoms with van der Waals surface area (Å²) in [4.78, 5) is 2.63. The Labute approximate surface area is 123 Å². The maximum atomic E-state index is 9.74. The van der Waals surface area contributed by atoms with Crippen molar-refractivity contribution >= 4 is 0 Å². The molecule has 5 fully saturated rings. The fourth-order valence-electron chi connectivity index (χ4n) is 6.45. The van der Waals surface area contributed by atoms with Gasteiger partial charge in [0.1, 0.15) is 0 Å². The molecular formula is C18H31NO. The second-order valence-corrected chi connectivity index (χ2v) is 8.76. The molecule has 114 valence electrons. The normalized spacial score (nSPS) is 48.9. The molecule has 0 spiro atoms. The Balaban J connectivity index is 1.34. The molecule has 4 aliphatic carbocycles. The van der Waals surface area contributed by atoms with E-state index in [1.54, 1.807) is 38.5 Å². The minimum Gasteiger partial charge on any atom is -0.393 e. The highest BCUT2D eigenvalue weighted by molar-refractivity contribution is 5.01. The smallest absolute Gasteiger partial charge is 0.0552 e. The third-order valence-corrected chi connectivity index (χ3v) is 7.11. The zero-order valence-electron chi connectivity index (χ0n) is 13.1. The standard InChI is InChI=1S/C18H31NO/c1-13(20)17-2-4-19(12-17)5-3-18-9-14-6-15(10-18)8-16(7-14)11-18/h13-17,20H,2-12H2,1H3. The van der Waals surface area contributed by atoms with Gasteiger partial charge in [0.2, 0.25) is 0 Å². The van der Waals surface area contributed by atoms with Crippen LogP contribution in [0.5, 0.6) is 0 Å². The molecule has 4 saturated carbocycles. The lowest BCUT2D eigenvalue weighted by molar-refractivity contribution is -0.0605. The Kier molecular flexibility index (Phi) is 3.38. The van der Waals surface area contributed by atoms with Gasteiger partial charge >= 0.3 is 0 Å². The van der Waals surface area contributed by atoms with Gasteiger partial charge in [-0.1, -0.05) is 0 Å². The zero-order chi connectivity index (χ0) is 13.7. The SMILES string of the molecule is CC(O)C1CCN(CCC23CC4CC(CC(C4)C2)C3)C1. The number of aliphatic hydroxyl groups excluding tert-OH is 1. The summed E-state index contributed by atoms with van der Waals surface area (Å²) in [6.45, 7) is 5.63. The van der Waals surface area contributed by atoms with Crippen LogP contribution in [0.15, 0.2) is 0 Å². The van der Waals surface area contributed by atoms with Gasteiger partial charge in [0.15, 0.2) is 0 Å². The molecule has 5 aliphatic rings. The first-order valence-corrected chi connectivity index (χ1v) is 9.02. The largest absolute Gasteiger partial charge is 0.393 e. The summed E-state index contributed by atoms with van der Waals surface area (Å²) in [5.41, 5.74) is 0.734. The van der Waals surface area contributed by atoms with Crippen LogP contribution in [-0.4, -0.2) is 35.7 Å². The van der Waals surface area contributed by atoms with E-state index in [1.165, 1.54) is 25.9 Å². The topological polar surface area (TPSA) is 23.5 Å². The van der Waals surface area contributed by atoms with Crippen LogP contribution in [0.25, 0.3) is 0 Å². The highest BCUT2D eigenvalue weighted by atomic mass is 16.3. The van der Waals surface area contributed by atoms with Gasteiger partial charge in [0.05, 0.1) is 6.10 Å². The monoisotopic (exact) mass is 277 g/mol. The summed E-state index contributed by atoms with van der Waals surface area (Å²) in [7, 11) is 0. The van der Waals surface area contributed by atoms with Crippen LogP contribution in [0, 0.1) is 29.1 Å². The van der Waals surface area contributed by atoms with Crippen molar-refractivity contribution in [3.8, 4) is 0 Å². The van der Waals surface area contributed by atoms with Crippen molar-refractivity contribution in [2.24, 2.45) is 29.1 Å². The van der Waals surface area contributed by atoms with Crippen LogP contribution in [0.1, 0.15) is 58.3 Å². The molecule has 0 amide bonds. The van der Waals surface area contributed by atoms with Crippen LogP contribution < -0.4 is 0 Å². The first kappa shape index (κ1) is 13.6. The zero-order valence-corrected chi connectivity index (χ0v) is 13.1. The molecule has 2 unspecified atom stereocenters. The van der Waals surface area contributed by atoms with Gasteiger partial charge in [-0.25, -0.2) is 0 Å². The van der Waals surface area contributed by atoms with E-state index in [0.29, 0.717) is 5.92 Å². The molecule has 1 aliphatic heterocycles. The van der Waals surface area contributed by atoms with Crippen molar-refractivity contribution < 1.29 is 5.11 Å². The van der Waals surface area contributed by atoms with E-state index >= 15 is 0 Å². The summed E-state index contributed by atoms with van der Waals surface area (Å²) < 4.78 is 0. The van der Waals surface area contributed by atoms with Crippen molar-refractivity contribution in [1.29, 1.82) is 0 Å². The van der Waals surface area contributed by atoms with E-state index in [2.05, 4.69) is 4.90 Å². The predicted octanol–water partition coefficient (Wildman–Crippen LogP) is 3.30. The molecule has 1 N–H and O–H groups in total. The quantitative estimate of drug-likeness (QED) is 0.852. The van der Waals surface area contributed by atoms with E-state index in [9.17, 15) is 5.11 Å². The van der Waals surface area contributed by atoms with Crippen molar-refractivity contribution in [2.45, 2.75) is 64.4 Å². The molecular weight excluding hydrogens is 246 g/mol. The van der Waals surface area contributed by atoms with Gasteiger partial charge in [-0.15, -0.1) is 0 Å². The number of nitrogens with zero attached hydrogens (tertiary/aromatic N) is 1. The Hall–Kier alpha value is -0.0800. The first-order valence-electron chi connectivity index (χ1n) is 9.02. The van der Waals surface area contributed by atoms with Crippen LogP contribution in [0.2, 0.25) is 0 Å². The third-order valence-electron chi connectivity index (χ3n) is 7.11. The van der Waals surface area contributed by atoms with Crippen molar-refractivity contribution in [1.82, 2.24) is 4.90 Å². The van der Waals surface area contributed by atoms with Gasteiger partial charge < -0.3 is 10.0 Å². The Morgan fingerprint density at radius 2 is 1.70 bits per heavy atom.